The number of likely N-dealkylation sites (tertiary alicyclic amines) is 1. The van der Waals surface area contributed by atoms with Crippen LogP contribution in [0.3, 0.4) is 0 Å². The van der Waals surface area contributed by atoms with Crippen LogP contribution in [0.1, 0.15) is 37.1 Å². The summed E-state index contributed by atoms with van der Waals surface area (Å²) >= 11 is 7.66. The first kappa shape index (κ1) is 12.4. The van der Waals surface area contributed by atoms with Crippen molar-refractivity contribution < 1.29 is 0 Å². The molecule has 1 aliphatic heterocycles. The van der Waals surface area contributed by atoms with Gasteiger partial charge in [-0.15, -0.1) is 11.3 Å². The molecule has 1 saturated heterocycles. The Hall–Kier alpha value is -0.0900. The van der Waals surface area contributed by atoms with Crippen LogP contribution >= 0.6 is 22.9 Å². The minimum Gasteiger partial charge on any atom is -0.329 e. The van der Waals surface area contributed by atoms with Gasteiger partial charge in [0, 0.05) is 17.5 Å². The molecule has 1 aromatic rings. The fourth-order valence-corrected chi connectivity index (χ4v) is 3.82. The lowest BCUT2D eigenvalue weighted by Gasteiger charge is -2.31. The molecule has 0 aliphatic carbocycles. The van der Waals surface area contributed by atoms with Gasteiger partial charge in [0.05, 0.1) is 10.4 Å². The van der Waals surface area contributed by atoms with E-state index in [2.05, 4.69) is 17.9 Å². The largest absolute Gasteiger partial charge is 0.329 e. The topological polar surface area (TPSA) is 29.3 Å². The van der Waals surface area contributed by atoms with Gasteiger partial charge >= 0.3 is 0 Å². The van der Waals surface area contributed by atoms with Crippen LogP contribution < -0.4 is 5.73 Å². The van der Waals surface area contributed by atoms with E-state index in [0.717, 1.165) is 4.34 Å². The smallest absolute Gasteiger partial charge is 0.0931 e. The maximum atomic E-state index is 6.00. The Morgan fingerprint density at radius 3 is 3.00 bits per heavy atom. The van der Waals surface area contributed by atoms with Crippen LogP contribution in [0.2, 0.25) is 4.34 Å². The second-order valence-corrected chi connectivity index (χ2v) is 6.08. The standard InChI is InChI=1S/C12H19ClN2S/c1-2-9-4-3-7-15(9)10(8-14)11-5-6-12(13)16-11/h5-6,9-10H,2-4,7-8,14H2,1H3. The zero-order valence-corrected chi connectivity index (χ0v) is 11.2. The fraction of sp³-hybridized carbons (Fsp3) is 0.667. The third-order valence-electron chi connectivity index (χ3n) is 3.44. The van der Waals surface area contributed by atoms with Crippen LogP contribution in [0.15, 0.2) is 12.1 Å². The minimum atomic E-state index is 0.366. The highest BCUT2D eigenvalue weighted by atomic mass is 35.5. The van der Waals surface area contributed by atoms with Gasteiger partial charge in [-0.25, -0.2) is 0 Å². The van der Waals surface area contributed by atoms with Gasteiger partial charge in [-0.05, 0) is 37.9 Å². The van der Waals surface area contributed by atoms with Crippen LogP contribution in [0.4, 0.5) is 0 Å². The monoisotopic (exact) mass is 258 g/mol. The maximum absolute atomic E-state index is 6.00. The predicted molar refractivity (Wildman–Crippen MR) is 71.1 cm³/mol. The van der Waals surface area contributed by atoms with Crippen LogP contribution in [0.5, 0.6) is 0 Å². The minimum absolute atomic E-state index is 0.366. The number of halogens is 1. The van der Waals surface area contributed by atoms with E-state index in [-0.39, 0.29) is 0 Å². The highest BCUT2D eigenvalue weighted by Gasteiger charge is 2.30. The number of hydrogen-bond acceptors (Lipinski definition) is 3. The molecule has 2 rings (SSSR count). The average Bonchev–Trinajstić information content (AvgIpc) is 2.89. The molecule has 90 valence electrons. The molecule has 0 saturated carbocycles. The summed E-state index contributed by atoms with van der Waals surface area (Å²) in [5, 5.41) is 0. The predicted octanol–water partition coefficient (Wildman–Crippen LogP) is 3.28. The van der Waals surface area contributed by atoms with E-state index >= 15 is 0 Å². The molecule has 2 atom stereocenters. The van der Waals surface area contributed by atoms with Gasteiger partial charge in [0.25, 0.3) is 0 Å². The number of nitrogens with two attached hydrogens (primary N) is 1. The van der Waals surface area contributed by atoms with Crippen molar-refractivity contribution in [3.8, 4) is 0 Å². The summed E-state index contributed by atoms with van der Waals surface area (Å²) in [5.74, 6) is 0. The van der Waals surface area contributed by atoms with Crippen molar-refractivity contribution in [3.63, 3.8) is 0 Å². The molecule has 1 aliphatic rings. The molecule has 4 heteroatoms. The Morgan fingerprint density at radius 1 is 1.62 bits per heavy atom. The molecule has 0 aromatic carbocycles. The van der Waals surface area contributed by atoms with Gasteiger partial charge < -0.3 is 5.73 Å². The first-order chi connectivity index (χ1) is 7.76. The van der Waals surface area contributed by atoms with E-state index in [4.69, 9.17) is 17.3 Å². The van der Waals surface area contributed by atoms with E-state index in [0.29, 0.717) is 18.6 Å². The van der Waals surface area contributed by atoms with Crippen molar-refractivity contribution in [1.29, 1.82) is 0 Å². The van der Waals surface area contributed by atoms with Crippen molar-refractivity contribution in [3.05, 3.63) is 21.3 Å². The molecule has 2 N–H and O–H groups in total. The molecule has 0 bridgehead atoms. The van der Waals surface area contributed by atoms with E-state index in [9.17, 15) is 0 Å². The Labute approximate surface area is 106 Å². The summed E-state index contributed by atoms with van der Waals surface area (Å²) in [6.07, 6.45) is 3.83. The number of hydrogen-bond donors (Lipinski definition) is 1. The van der Waals surface area contributed by atoms with Gasteiger partial charge in [0.1, 0.15) is 0 Å². The van der Waals surface area contributed by atoms with Crippen molar-refractivity contribution in [2.45, 2.75) is 38.3 Å². The molecule has 0 radical (unpaired) electrons. The summed E-state index contributed by atoms with van der Waals surface area (Å²) in [6, 6.07) is 5.16. The van der Waals surface area contributed by atoms with Crippen LogP contribution in [-0.2, 0) is 0 Å². The number of nitrogens with zero attached hydrogens (tertiary/aromatic N) is 1. The molecule has 2 heterocycles. The molecule has 0 spiro atoms. The molecule has 2 nitrogen and oxygen atoms in total. The highest BCUT2D eigenvalue weighted by Crippen LogP contribution is 2.34. The molecule has 1 aromatic heterocycles. The van der Waals surface area contributed by atoms with Crippen molar-refractivity contribution >= 4 is 22.9 Å². The summed E-state index contributed by atoms with van der Waals surface area (Å²) in [7, 11) is 0. The van der Waals surface area contributed by atoms with Crippen LogP contribution in [0, 0.1) is 0 Å². The summed E-state index contributed by atoms with van der Waals surface area (Å²) in [4.78, 5) is 3.87. The first-order valence-electron chi connectivity index (χ1n) is 5.97. The zero-order valence-electron chi connectivity index (χ0n) is 9.66. The van der Waals surface area contributed by atoms with E-state index in [1.807, 2.05) is 6.07 Å². The summed E-state index contributed by atoms with van der Waals surface area (Å²) in [6.45, 7) is 4.13. The van der Waals surface area contributed by atoms with Gasteiger partial charge in [-0.3, -0.25) is 4.90 Å². The first-order valence-corrected chi connectivity index (χ1v) is 7.16. The van der Waals surface area contributed by atoms with Crippen LogP contribution in [-0.4, -0.2) is 24.0 Å². The lowest BCUT2D eigenvalue weighted by Crippen LogP contribution is -2.36. The van der Waals surface area contributed by atoms with Gasteiger partial charge in [-0.2, -0.15) is 0 Å². The van der Waals surface area contributed by atoms with Crippen molar-refractivity contribution in [2.24, 2.45) is 5.73 Å². The van der Waals surface area contributed by atoms with E-state index < -0.39 is 0 Å². The van der Waals surface area contributed by atoms with Crippen molar-refractivity contribution in [2.75, 3.05) is 13.1 Å². The molecule has 0 amide bonds. The Bertz CT molecular complexity index is 340. The normalized spacial score (nSPS) is 23.8. The number of rotatable bonds is 4. The quantitative estimate of drug-likeness (QED) is 0.898. The highest BCUT2D eigenvalue weighted by molar-refractivity contribution is 7.16. The third kappa shape index (κ3) is 2.43. The average molecular weight is 259 g/mol. The molecular weight excluding hydrogens is 240 g/mol. The Morgan fingerprint density at radius 2 is 2.44 bits per heavy atom. The van der Waals surface area contributed by atoms with E-state index in [1.54, 1.807) is 11.3 Å². The summed E-state index contributed by atoms with van der Waals surface area (Å²) < 4.78 is 0.862. The SMILES string of the molecule is CCC1CCCN1C(CN)c1ccc(Cl)s1. The molecule has 16 heavy (non-hydrogen) atoms. The lowest BCUT2D eigenvalue weighted by atomic mass is 10.1. The molecular formula is C12H19ClN2S. The zero-order chi connectivity index (χ0) is 11.5. The van der Waals surface area contributed by atoms with Crippen molar-refractivity contribution in [1.82, 2.24) is 4.90 Å². The lowest BCUT2D eigenvalue weighted by molar-refractivity contribution is 0.183. The van der Waals surface area contributed by atoms with Gasteiger partial charge in [0.15, 0.2) is 0 Å². The fourth-order valence-electron chi connectivity index (χ4n) is 2.63. The van der Waals surface area contributed by atoms with Gasteiger partial charge in [0.2, 0.25) is 0 Å². The molecule has 2 unspecified atom stereocenters. The van der Waals surface area contributed by atoms with Crippen LogP contribution in [0.25, 0.3) is 0 Å². The Kier molecular flexibility index (Phi) is 4.25. The van der Waals surface area contributed by atoms with Gasteiger partial charge in [-0.1, -0.05) is 18.5 Å². The number of thiophene rings is 1. The Balaban J connectivity index is 2.15. The second kappa shape index (κ2) is 5.50. The molecule has 1 fully saturated rings. The maximum Gasteiger partial charge on any atom is 0.0931 e. The van der Waals surface area contributed by atoms with E-state index in [1.165, 1.54) is 30.7 Å². The second-order valence-electron chi connectivity index (χ2n) is 4.34. The summed E-state index contributed by atoms with van der Waals surface area (Å²) in [5.41, 5.74) is 5.93. The third-order valence-corrected chi connectivity index (χ3v) is 4.77.